The summed E-state index contributed by atoms with van der Waals surface area (Å²) in [4.78, 5) is 1.50. The molecule has 0 amide bonds. The van der Waals surface area contributed by atoms with Crippen molar-refractivity contribution < 1.29 is 0 Å². The normalized spacial score (nSPS) is 29.4. The molecular weight excluding hydrogens is 214 g/mol. The zero-order valence-corrected chi connectivity index (χ0v) is 9.63. The minimum Gasteiger partial charge on any atom is -0.313 e. The Kier molecular flexibility index (Phi) is 2.12. The first-order chi connectivity index (χ1) is 6.81. The van der Waals surface area contributed by atoms with E-state index in [9.17, 15) is 0 Å². The molecular formula is C11H14ClNS. The molecule has 14 heavy (non-hydrogen) atoms. The van der Waals surface area contributed by atoms with E-state index in [4.69, 9.17) is 11.6 Å². The van der Waals surface area contributed by atoms with Crippen LogP contribution in [0.25, 0.3) is 0 Å². The molecule has 3 heteroatoms. The average Bonchev–Trinajstić information content (AvgIpc) is 2.68. The van der Waals surface area contributed by atoms with Crippen molar-refractivity contribution in [1.82, 2.24) is 5.32 Å². The highest BCUT2D eigenvalue weighted by molar-refractivity contribution is 7.16. The second-order valence-electron chi connectivity index (χ2n) is 4.41. The Labute approximate surface area is 93.5 Å². The molecule has 1 aromatic rings. The van der Waals surface area contributed by atoms with Crippen LogP contribution in [-0.4, -0.2) is 12.6 Å². The molecule has 1 saturated carbocycles. The SMILES string of the molecule is Clc1ccc(C2(C3CCCN3)CC2)s1. The molecule has 0 aromatic carbocycles. The lowest BCUT2D eigenvalue weighted by Gasteiger charge is -2.21. The fourth-order valence-electron chi connectivity index (χ4n) is 2.64. The van der Waals surface area contributed by atoms with Crippen molar-refractivity contribution in [2.45, 2.75) is 37.1 Å². The predicted molar refractivity (Wildman–Crippen MR) is 61.3 cm³/mol. The van der Waals surface area contributed by atoms with Crippen LogP contribution < -0.4 is 5.32 Å². The maximum absolute atomic E-state index is 6.00. The molecule has 1 aromatic heterocycles. The molecule has 2 aliphatic rings. The van der Waals surface area contributed by atoms with E-state index < -0.39 is 0 Å². The Hall–Kier alpha value is -0.0500. The standard InChI is InChI=1S/C11H14ClNS/c12-10-4-3-9(14-10)11(5-6-11)8-2-1-7-13-8/h3-4,8,13H,1-2,5-7H2. The molecule has 2 fully saturated rings. The monoisotopic (exact) mass is 227 g/mol. The van der Waals surface area contributed by atoms with Gasteiger partial charge in [-0.3, -0.25) is 0 Å². The van der Waals surface area contributed by atoms with Gasteiger partial charge in [0.2, 0.25) is 0 Å². The van der Waals surface area contributed by atoms with Crippen LogP contribution in [0.3, 0.4) is 0 Å². The van der Waals surface area contributed by atoms with Crippen LogP contribution in [0.4, 0.5) is 0 Å². The van der Waals surface area contributed by atoms with Crippen LogP contribution >= 0.6 is 22.9 Å². The maximum Gasteiger partial charge on any atom is 0.0931 e. The highest BCUT2D eigenvalue weighted by atomic mass is 35.5. The number of nitrogens with one attached hydrogen (secondary N) is 1. The zero-order chi connectivity index (χ0) is 9.60. The van der Waals surface area contributed by atoms with Crippen LogP contribution in [0, 0.1) is 0 Å². The van der Waals surface area contributed by atoms with Gasteiger partial charge in [-0.25, -0.2) is 0 Å². The first kappa shape index (κ1) is 9.20. The highest BCUT2D eigenvalue weighted by Gasteiger charge is 2.52. The number of rotatable bonds is 2. The minimum absolute atomic E-state index is 0.467. The molecule has 1 saturated heterocycles. The Bertz CT molecular complexity index is 337. The van der Waals surface area contributed by atoms with E-state index in [1.54, 1.807) is 11.3 Å². The third-order valence-corrected chi connectivity index (χ3v) is 5.03. The summed E-state index contributed by atoms with van der Waals surface area (Å²) in [7, 11) is 0. The molecule has 2 heterocycles. The van der Waals surface area contributed by atoms with Crippen molar-refractivity contribution in [3.8, 4) is 0 Å². The summed E-state index contributed by atoms with van der Waals surface area (Å²) in [6.07, 6.45) is 5.38. The van der Waals surface area contributed by atoms with Crippen molar-refractivity contribution in [3.05, 3.63) is 21.3 Å². The molecule has 76 valence electrons. The smallest absolute Gasteiger partial charge is 0.0931 e. The van der Waals surface area contributed by atoms with Gasteiger partial charge in [0, 0.05) is 16.3 Å². The van der Waals surface area contributed by atoms with Gasteiger partial charge < -0.3 is 5.32 Å². The number of hydrogen-bond acceptors (Lipinski definition) is 2. The van der Waals surface area contributed by atoms with E-state index in [0.717, 1.165) is 10.4 Å². The van der Waals surface area contributed by atoms with Crippen molar-refractivity contribution >= 4 is 22.9 Å². The molecule has 1 aliphatic carbocycles. The molecule has 1 atom stereocenters. The van der Waals surface area contributed by atoms with Crippen molar-refractivity contribution in [2.24, 2.45) is 0 Å². The molecule has 0 radical (unpaired) electrons. The average molecular weight is 228 g/mol. The quantitative estimate of drug-likeness (QED) is 0.819. The summed E-state index contributed by atoms with van der Waals surface area (Å²) in [5.74, 6) is 0. The second-order valence-corrected chi connectivity index (χ2v) is 6.12. The summed E-state index contributed by atoms with van der Waals surface area (Å²) >= 11 is 7.77. The van der Waals surface area contributed by atoms with E-state index >= 15 is 0 Å². The Morgan fingerprint density at radius 3 is 2.79 bits per heavy atom. The highest BCUT2D eigenvalue weighted by Crippen LogP contribution is 2.55. The Morgan fingerprint density at radius 2 is 2.29 bits per heavy atom. The minimum atomic E-state index is 0.467. The maximum atomic E-state index is 6.00. The lowest BCUT2D eigenvalue weighted by Crippen LogP contribution is -2.34. The summed E-state index contributed by atoms with van der Waals surface area (Å²) in [5.41, 5.74) is 0.467. The van der Waals surface area contributed by atoms with Crippen LogP contribution in [0.5, 0.6) is 0 Å². The van der Waals surface area contributed by atoms with E-state index in [2.05, 4.69) is 11.4 Å². The molecule has 1 N–H and O–H groups in total. The summed E-state index contributed by atoms with van der Waals surface area (Å²) in [6, 6.07) is 4.98. The largest absolute Gasteiger partial charge is 0.313 e. The van der Waals surface area contributed by atoms with Gasteiger partial charge >= 0.3 is 0 Å². The van der Waals surface area contributed by atoms with Crippen molar-refractivity contribution in [1.29, 1.82) is 0 Å². The number of hydrogen-bond donors (Lipinski definition) is 1. The molecule has 3 rings (SSSR count). The Balaban J connectivity index is 1.89. The molecule has 1 aliphatic heterocycles. The fourth-order valence-corrected chi connectivity index (χ4v) is 3.98. The van der Waals surface area contributed by atoms with Gasteiger partial charge in [0.25, 0.3) is 0 Å². The van der Waals surface area contributed by atoms with E-state index in [0.29, 0.717) is 5.41 Å². The van der Waals surface area contributed by atoms with Gasteiger partial charge in [-0.15, -0.1) is 11.3 Å². The lowest BCUT2D eigenvalue weighted by molar-refractivity contribution is 0.479. The first-order valence-electron chi connectivity index (χ1n) is 5.30. The third kappa shape index (κ3) is 1.32. The lowest BCUT2D eigenvalue weighted by atomic mass is 9.93. The Morgan fingerprint density at radius 1 is 1.43 bits per heavy atom. The van der Waals surface area contributed by atoms with Gasteiger partial charge in [0.15, 0.2) is 0 Å². The van der Waals surface area contributed by atoms with Crippen molar-refractivity contribution in [2.75, 3.05) is 6.54 Å². The fraction of sp³-hybridized carbons (Fsp3) is 0.636. The van der Waals surface area contributed by atoms with Gasteiger partial charge in [0.1, 0.15) is 0 Å². The third-order valence-electron chi connectivity index (χ3n) is 3.58. The van der Waals surface area contributed by atoms with Gasteiger partial charge in [-0.2, -0.15) is 0 Å². The van der Waals surface area contributed by atoms with Crippen LogP contribution in [0.2, 0.25) is 4.34 Å². The van der Waals surface area contributed by atoms with Gasteiger partial charge in [-0.05, 0) is 44.4 Å². The topological polar surface area (TPSA) is 12.0 Å². The molecule has 1 unspecified atom stereocenters. The first-order valence-corrected chi connectivity index (χ1v) is 6.50. The number of halogens is 1. The molecule has 0 spiro atoms. The summed E-state index contributed by atoms with van der Waals surface area (Å²) in [5, 5.41) is 3.63. The van der Waals surface area contributed by atoms with Crippen molar-refractivity contribution in [3.63, 3.8) is 0 Å². The predicted octanol–water partition coefficient (Wildman–Crippen LogP) is 3.19. The van der Waals surface area contributed by atoms with E-state index in [1.165, 1.54) is 37.1 Å². The van der Waals surface area contributed by atoms with Crippen LogP contribution in [0.15, 0.2) is 12.1 Å². The second kappa shape index (κ2) is 3.22. The number of thiophene rings is 1. The molecule has 0 bridgehead atoms. The zero-order valence-electron chi connectivity index (χ0n) is 8.05. The summed E-state index contributed by atoms with van der Waals surface area (Å²) < 4.78 is 0.935. The summed E-state index contributed by atoms with van der Waals surface area (Å²) in [6.45, 7) is 1.20. The van der Waals surface area contributed by atoms with Gasteiger partial charge in [0.05, 0.1) is 4.34 Å². The van der Waals surface area contributed by atoms with Crippen LogP contribution in [0.1, 0.15) is 30.6 Å². The van der Waals surface area contributed by atoms with Crippen LogP contribution in [-0.2, 0) is 5.41 Å². The van der Waals surface area contributed by atoms with E-state index in [-0.39, 0.29) is 0 Å². The van der Waals surface area contributed by atoms with E-state index in [1.807, 2.05) is 6.07 Å². The van der Waals surface area contributed by atoms with Gasteiger partial charge in [-0.1, -0.05) is 11.6 Å². The molecule has 1 nitrogen and oxygen atoms in total.